The van der Waals surface area contributed by atoms with Crippen LogP contribution in [-0.2, 0) is 4.74 Å². The molecule has 1 fully saturated rings. The van der Waals surface area contributed by atoms with Gasteiger partial charge >= 0.3 is 0 Å². The maximum atomic E-state index is 5.54. The van der Waals surface area contributed by atoms with Crippen LogP contribution in [-0.4, -0.2) is 56.8 Å². The number of rotatable bonds is 6. The van der Waals surface area contributed by atoms with Crippen LogP contribution in [0.25, 0.3) is 0 Å². The van der Waals surface area contributed by atoms with Crippen LogP contribution in [0.1, 0.15) is 37.6 Å². The fourth-order valence-electron chi connectivity index (χ4n) is 2.86. The van der Waals surface area contributed by atoms with Gasteiger partial charge in [-0.15, -0.1) is 35.3 Å². The third-order valence-electron chi connectivity index (χ3n) is 4.57. The van der Waals surface area contributed by atoms with Crippen LogP contribution in [0.4, 0.5) is 0 Å². The Balaban J connectivity index is 0.00000288. The van der Waals surface area contributed by atoms with E-state index in [-0.39, 0.29) is 35.6 Å². The molecule has 1 unspecified atom stereocenters. The Kier molecular flexibility index (Phi) is 9.54. The molecule has 1 atom stereocenters. The summed E-state index contributed by atoms with van der Waals surface area (Å²) in [7, 11) is 4.30. The normalized spacial score (nSPS) is 18.8. The molecule has 2 heterocycles. The smallest absolute Gasteiger partial charge is 0.191 e. The van der Waals surface area contributed by atoms with E-state index in [0.717, 1.165) is 45.1 Å². The molecule has 1 aromatic heterocycles. The third kappa shape index (κ3) is 5.86. The number of halogens is 1. The molecular weight excluding hydrogens is 435 g/mol. The number of nitrogens with one attached hydrogen (secondary N) is 2. The molecule has 0 saturated carbocycles. The van der Waals surface area contributed by atoms with Crippen molar-refractivity contribution in [2.24, 2.45) is 4.99 Å². The zero-order chi connectivity index (χ0) is 16.7. The van der Waals surface area contributed by atoms with Crippen molar-refractivity contribution in [3.05, 3.63) is 22.4 Å². The van der Waals surface area contributed by atoms with Crippen LogP contribution >= 0.6 is 35.3 Å². The van der Waals surface area contributed by atoms with E-state index in [1.807, 2.05) is 0 Å². The summed E-state index contributed by atoms with van der Waals surface area (Å²) in [5, 5.41) is 8.99. The molecule has 0 radical (unpaired) electrons. The molecule has 1 aromatic rings. The van der Waals surface area contributed by atoms with E-state index >= 15 is 0 Å². The Labute approximate surface area is 167 Å². The van der Waals surface area contributed by atoms with Crippen molar-refractivity contribution < 1.29 is 4.74 Å². The third-order valence-corrected chi connectivity index (χ3v) is 5.63. The van der Waals surface area contributed by atoms with E-state index < -0.39 is 0 Å². The molecule has 1 aliphatic heterocycles. The average molecular weight is 466 g/mol. The molecule has 0 aromatic carbocycles. The first-order valence-corrected chi connectivity index (χ1v) is 9.29. The lowest BCUT2D eigenvalue weighted by Crippen LogP contribution is -2.51. The van der Waals surface area contributed by atoms with E-state index in [1.54, 1.807) is 11.3 Å². The fourth-order valence-corrected chi connectivity index (χ4v) is 3.59. The minimum absolute atomic E-state index is 0. The molecule has 0 spiro atoms. The first-order valence-electron chi connectivity index (χ1n) is 8.41. The van der Waals surface area contributed by atoms with Gasteiger partial charge in [0, 0.05) is 30.2 Å². The summed E-state index contributed by atoms with van der Waals surface area (Å²) in [6.45, 7) is 7.57. The monoisotopic (exact) mass is 466 g/mol. The highest BCUT2D eigenvalue weighted by Crippen LogP contribution is 2.26. The Morgan fingerprint density at radius 3 is 2.67 bits per heavy atom. The number of hydrogen-bond donors (Lipinski definition) is 2. The summed E-state index contributed by atoms with van der Waals surface area (Å²) in [5.74, 6) is 0.890. The van der Waals surface area contributed by atoms with E-state index in [2.05, 4.69) is 61.0 Å². The van der Waals surface area contributed by atoms with Crippen molar-refractivity contribution in [2.75, 3.05) is 40.4 Å². The SMILES string of the molecule is CCNC(=NCC1(N(C)C)CCOCC1)NC(C)c1cccs1.I. The van der Waals surface area contributed by atoms with Crippen molar-refractivity contribution in [3.8, 4) is 0 Å². The Morgan fingerprint density at radius 2 is 2.12 bits per heavy atom. The highest BCUT2D eigenvalue weighted by molar-refractivity contribution is 14.0. The van der Waals surface area contributed by atoms with Crippen molar-refractivity contribution in [1.29, 1.82) is 0 Å². The number of thiophene rings is 1. The number of ether oxygens (including phenoxy) is 1. The van der Waals surface area contributed by atoms with E-state index in [0.29, 0.717) is 0 Å². The van der Waals surface area contributed by atoms with Gasteiger partial charge in [-0.25, -0.2) is 0 Å². The quantitative estimate of drug-likeness (QED) is 0.385. The topological polar surface area (TPSA) is 48.9 Å². The van der Waals surface area contributed by atoms with Gasteiger partial charge in [0.15, 0.2) is 5.96 Å². The van der Waals surface area contributed by atoms with Crippen LogP contribution in [0.3, 0.4) is 0 Å². The minimum Gasteiger partial charge on any atom is -0.381 e. The standard InChI is InChI=1S/C17H30N4OS.HI/c1-5-18-16(20-14(2)15-7-6-12-23-15)19-13-17(21(3)4)8-10-22-11-9-17;/h6-7,12,14H,5,8-11,13H2,1-4H3,(H2,18,19,20);1H. The maximum Gasteiger partial charge on any atom is 0.191 e. The lowest BCUT2D eigenvalue weighted by molar-refractivity contribution is -0.00255. The van der Waals surface area contributed by atoms with Gasteiger partial charge in [-0.3, -0.25) is 4.99 Å². The molecule has 0 bridgehead atoms. The molecule has 1 aliphatic rings. The number of guanidine groups is 1. The second-order valence-electron chi connectivity index (χ2n) is 6.31. The summed E-state index contributed by atoms with van der Waals surface area (Å²) >= 11 is 1.77. The van der Waals surface area contributed by atoms with Gasteiger partial charge in [0.1, 0.15) is 0 Å². The van der Waals surface area contributed by atoms with Gasteiger partial charge in [-0.1, -0.05) is 6.07 Å². The van der Waals surface area contributed by atoms with Gasteiger partial charge in [0.2, 0.25) is 0 Å². The van der Waals surface area contributed by atoms with Crippen molar-refractivity contribution >= 4 is 41.3 Å². The zero-order valence-electron chi connectivity index (χ0n) is 15.2. The summed E-state index contributed by atoms with van der Waals surface area (Å²) < 4.78 is 5.54. The average Bonchev–Trinajstić information content (AvgIpc) is 3.08. The fraction of sp³-hybridized carbons (Fsp3) is 0.706. The van der Waals surface area contributed by atoms with E-state index in [4.69, 9.17) is 9.73 Å². The molecular formula is C17H31IN4OS. The molecule has 138 valence electrons. The summed E-state index contributed by atoms with van der Waals surface area (Å²) in [4.78, 5) is 8.52. The van der Waals surface area contributed by atoms with Crippen molar-refractivity contribution in [3.63, 3.8) is 0 Å². The zero-order valence-corrected chi connectivity index (χ0v) is 18.3. The highest BCUT2D eigenvalue weighted by atomic mass is 127. The second-order valence-corrected chi connectivity index (χ2v) is 7.29. The first-order chi connectivity index (χ1) is 11.1. The molecule has 7 heteroatoms. The van der Waals surface area contributed by atoms with Gasteiger partial charge < -0.3 is 20.3 Å². The predicted octanol–water partition coefficient (Wildman–Crippen LogP) is 3.09. The molecule has 0 aliphatic carbocycles. The number of nitrogens with zero attached hydrogens (tertiary/aromatic N) is 2. The van der Waals surface area contributed by atoms with Crippen molar-refractivity contribution in [2.45, 2.75) is 38.3 Å². The largest absolute Gasteiger partial charge is 0.381 e. The number of aliphatic imine (C=N–C) groups is 1. The summed E-state index contributed by atoms with van der Waals surface area (Å²) in [5.41, 5.74) is 0.104. The van der Waals surface area contributed by atoms with Crippen LogP contribution in [0.2, 0.25) is 0 Å². The molecule has 0 amide bonds. The Morgan fingerprint density at radius 1 is 1.42 bits per heavy atom. The van der Waals surface area contributed by atoms with E-state index in [9.17, 15) is 0 Å². The molecule has 5 nitrogen and oxygen atoms in total. The minimum atomic E-state index is 0. The van der Waals surface area contributed by atoms with Gasteiger partial charge in [0.05, 0.1) is 12.6 Å². The van der Waals surface area contributed by atoms with Crippen LogP contribution in [0.15, 0.2) is 22.5 Å². The molecule has 2 N–H and O–H groups in total. The number of hydrogen-bond acceptors (Lipinski definition) is 4. The highest BCUT2D eigenvalue weighted by Gasteiger charge is 2.34. The van der Waals surface area contributed by atoms with Gasteiger partial charge in [-0.05, 0) is 52.2 Å². The second kappa shape index (κ2) is 10.6. The molecule has 2 rings (SSSR count). The van der Waals surface area contributed by atoms with Crippen LogP contribution in [0, 0.1) is 0 Å². The lowest BCUT2D eigenvalue weighted by Gasteiger charge is -2.41. The van der Waals surface area contributed by atoms with Crippen LogP contribution in [0.5, 0.6) is 0 Å². The molecule has 1 saturated heterocycles. The van der Waals surface area contributed by atoms with Gasteiger partial charge in [0.25, 0.3) is 0 Å². The summed E-state index contributed by atoms with van der Waals surface area (Å²) in [6, 6.07) is 4.51. The predicted molar refractivity (Wildman–Crippen MR) is 114 cm³/mol. The first kappa shape index (κ1) is 21.7. The lowest BCUT2D eigenvalue weighted by atomic mass is 9.89. The van der Waals surface area contributed by atoms with E-state index in [1.165, 1.54) is 4.88 Å². The Bertz CT molecular complexity index is 487. The van der Waals surface area contributed by atoms with Crippen molar-refractivity contribution in [1.82, 2.24) is 15.5 Å². The maximum absolute atomic E-state index is 5.54. The van der Waals surface area contributed by atoms with Gasteiger partial charge in [-0.2, -0.15) is 0 Å². The summed E-state index contributed by atoms with van der Waals surface area (Å²) in [6.07, 6.45) is 2.06. The molecule has 24 heavy (non-hydrogen) atoms. The van der Waals surface area contributed by atoms with Crippen LogP contribution < -0.4 is 10.6 Å². The number of likely N-dealkylation sites (N-methyl/N-ethyl adjacent to an activating group) is 1. The Hall–Kier alpha value is -0.380.